The number of rotatable bonds is 1. The number of nitrogens with two attached hydrogens (primary N) is 1. The minimum Gasteiger partial charge on any atom is -0.366 e. The first-order chi connectivity index (χ1) is 7.11. The zero-order valence-corrected chi connectivity index (χ0v) is 9.39. The fourth-order valence-corrected chi connectivity index (χ4v) is 2.68. The third-order valence-electron chi connectivity index (χ3n) is 3.37. The second-order valence-corrected chi connectivity index (χ2v) is 4.40. The zero-order chi connectivity index (χ0) is 11.0. The van der Waals surface area contributed by atoms with Crippen molar-refractivity contribution in [3.05, 3.63) is 33.9 Å². The van der Waals surface area contributed by atoms with Gasteiger partial charge in [-0.2, -0.15) is 0 Å². The number of primary amides is 1. The van der Waals surface area contributed by atoms with Gasteiger partial charge in [0.1, 0.15) is 0 Å². The van der Waals surface area contributed by atoms with Gasteiger partial charge < -0.3 is 5.73 Å². The highest BCUT2D eigenvalue weighted by Crippen LogP contribution is 2.28. The van der Waals surface area contributed by atoms with Crippen molar-refractivity contribution >= 4 is 5.91 Å². The molecule has 0 saturated heterocycles. The Morgan fingerprint density at radius 3 is 2.60 bits per heavy atom. The molecule has 0 atom stereocenters. The number of carbonyl (C=O) groups is 1. The van der Waals surface area contributed by atoms with E-state index in [4.69, 9.17) is 5.73 Å². The third kappa shape index (κ3) is 1.65. The Morgan fingerprint density at radius 2 is 1.93 bits per heavy atom. The van der Waals surface area contributed by atoms with Crippen LogP contribution in [-0.4, -0.2) is 5.91 Å². The van der Waals surface area contributed by atoms with Gasteiger partial charge in [-0.1, -0.05) is 6.07 Å². The van der Waals surface area contributed by atoms with Gasteiger partial charge in [0.25, 0.3) is 0 Å². The monoisotopic (exact) mass is 203 g/mol. The highest BCUT2D eigenvalue weighted by atomic mass is 16.1. The molecular formula is C13H17NO. The van der Waals surface area contributed by atoms with Crippen LogP contribution in [0.1, 0.15) is 45.5 Å². The van der Waals surface area contributed by atoms with Crippen molar-refractivity contribution in [1.29, 1.82) is 0 Å². The molecule has 0 aromatic heterocycles. The number of fused-ring (bicyclic) bond motifs is 1. The van der Waals surface area contributed by atoms with E-state index in [1.165, 1.54) is 24.0 Å². The minimum atomic E-state index is -0.293. The van der Waals surface area contributed by atoms with Gasteiger partial charge in [0.15, 0.2) is 0 Å². The van der Waals surface area contributed by atoms with E-state index in [1.54, 1.807) is 0 Å². The largest absolute Gasteiger partial charge is 0.366 e. The van der Waals surface area contributed by atoms with E-state index in [9.17, 15) is 4.79 Å². The molecule has 1 aromatic carbocycles. The second kappa shape index (κ2) is 3.69. The van der Waals surface area contributed by atoms with Gasteiger partial charge in [-0.3, -0.25) is 4.79 Å². The Kier molecular flexibility index (Phi) is 2.51. The van der Waals surface area contributed by atoms with Crippen LogP contribution < -0.4 is 5.73 Å². The predicted octanol–water partition coefficient (Wildman–Crippen LogP) is 2.28. The van der Waals surface area contributed by atoms with Crippen LogP contribution in [0.2, 0.25) is 0 Å². The summed E-state index contributed by atoms with van der Waals surface area (Å²) in [6.45, 7) is 4.00. The van der Waals surface area contributed by atoms with E-state index < -0.39 is 0 Å². The molecule has 2 nitrogen and oxygen atoms in total. The van der Waals surface area contributed by atoms with Gasteiger partial charge in [0.05, 0.1) is 0 Å². The Morgan fingerprint density at radius 1 is 1.27 bits per heavy atom. The van der Waals surface area contributed by atoms with Crippen LogP contribution >= 0.6 is 0 Å². The summed E-state index contributed by atoms with van der Waals surface area (Å²) in [4.78, 5) is 11.4. The normalized spacial score (nSPS) is 14.8. The Bertz CT molecular complexity index is 421. The number of amides is 1. The summed E-state index contributed by atoms with van der Waals surface area (Å²) in [6.07, 6.45) is 4.74. The van der Waals surface area contributed by atoms with E-state index >= 15 is 0 Å². The van der Waals surface area contributed by atoms with Crippen molar-refractivity contribution in [2.45, 2.75) is 39.5 Å². The van der Waals surface area contributed by atoms with Crippen LogP contribution in [-0.2, 0) is 12.8 Å². The Hall–Kier alpha value is -1.31. The maximum absolute atomic E-state index is 11.4. The number of carbonyl (C=O) groups excluding carboxylic acids is 1. The average Bonchev–Trinajstić information content (AvgIpc) is 2.17. The van der Waals surface area contributed by atoms with E-state index in [-0.39, 0.29) is 5.91 Å². The smallest absolute Gasteiger partial charge is 0.249 e. The Balaban J connectivity index is 2.64. The van der Waals surface area contributed by atoms with Gasteiger partial charge in [0, 0.05) is 5.56 Å². The number of benzene rings is 1. The number of aryl methyl sites for hydroxylation is 2. The topological polar surface area (TPSA) is 43.1 Å². The highest BCUT2D eigenvalue weighted by Gasteiger charge is 2.18. The summed E-state index contributed by atoms with van der Waals surface area (Å²) in [5, 5.41) is 0. The molecule has 1 amide bonds. The first kappa shape index (κ1) is 10.2. The maximum Gasteiger partial charge on any atom is 0.249 e. The quantitative estimate of drug-likeness (QED) is 0.747. The predicted molar refractivity (Wildman–Crippen MR) is 61.1 cm³/mol. The zero-order valence-electron chi connectivity index (χ0n) is 9.39. The molecule has 0 bridgehead atoms. The van der Waals surface area contributed by atoms with E-state index in [2.05, 4.69) is 6.07 Å². The van der Waals surface area contributed by atoms with Crippen molar-refractivity contribution in [1.82, 2.24) is 0 Å². The molecule has 2 N–H and O–H groups in total. The lowest BCUT2D eigenvalue weighted by atomic mass is 9.84. The van der Waals surface area contributed by atoms with Crippen LogP contribution in [0.3, 0.4) is 0 Å². The second-order valence-electron chi connectivity index (χ2n) is 4.40. The summed E-state index contributed by atoms with van der Waals surface area (Å²) in [5.41, 5.74) is 11.1. The average molecular weight is 203 g/mol. The highest BCUT2D eigenvalue weighted by molar-refractivity contribution is 5.96. The molecule has 2 rings (SSSR count). The number of hydrogen-bond acceptors (Lipinski definition) is 1. The molecule has 1 aliphatic carbocycles. The molecule has 0 unspecified atom stereocenters. The minimum absolute atomic E-state index is 0.293. The summed E-state index contributed by atoms with van der Waals surface area (Å²) in [6, 6.07) is 2.14. The lowest BCUT2D eigenvalue weighted by molar-refractivity contribution is 0.0999. The first-order valence-corrected chi connectivity index (χ1v) is 5.53. The number of hydrogen-bond donors (Lipinski definition) is 1. The molecular weight excluding hydrogens is 186 g/mol. The molecule has 0 heterocycles. The molecule has 0 fully saturated rings. The molecule has 2 heteroatoms. The SMILES string of the molecule is Cc1cc2c(c(C)c1C(N)=O)CCCC2. The van der Waals surface area contributed by atoms with Crippen LogP contribution in [0.25, 0.3) is 0 Å². The van der Waals surface area contributed by atoms with Crippen LogP contribution in [0, 0.1) is 13.8 Å². The van der Waals surface area contributed by atoms with Crippen molar-refractivity contribution in [2.75, 3.05) is 0 Å². The molecule has 80 valence electrons. The van der Waals surface area contributed by atoms with Crippen molar-refractivity contribution in [3.8, 4) is 0 Å². The third-order valence-corrected chi connectivity index (χ3v) is 3.37. The Labute approximate surface area is 90.5 Å². The van der Waals surface area contributed by atoms with Gasteiger partial charge in [-0.25, -0.2) is 0 Å². The van der Waals surface area contributed by atoms with Crippen molar-refractivity contribution in [2.24, 2.45) is 5.73 Å². The van der Waals surface area contributed by atoms with Crippen molar-refractivity contribution < 1.29 is 4.79 Å². The molecule has 0 saturated carbocycles. The maximum atomic E-state index is 11.4. The summed E-state index contributed by atoms with van der Waals surface area (Å²) in [5.74, 6) is -0.293. The summed E-state index contributed by atoms with van der Waals surface area (Å²) in [7, 11) is 0. The van der Waals surface area contributed by atoms with Gasteiger partial charge in [-0.15, -0.1) is 0 Å². The lowest BCUT2D eigenvalue weighted by Gasteiger charge is -2.21. The van der Waals surface area contributed by atoms with E-state index in [0.29, 0.717) is 0 Å². The standard InChI is InChI=1S/C13H17NO/c1-8-7-10-5-3-4-6-11(10)9(2)12(8)13(14)15/h7H,3-6H2,1-2H3,(H2,14,15). The van der Waals surface area contributed by atoms with Crippen LogP contribution in [0.4, 0.5) is 0 Å². The van der Waals surface area contributed by atoms with Crippen molar-refractivity contribution in [3.63, 3.8) is 0 Å². The fraction of sp³-hybridized carbons (Fsp3) is 0.462. The summed E-state index contributed by atoms with van der Waals surface area (Å²) < 4.78 is 0. The molecule has 1 aliphatic rings. The molecule has 1 aromatic rings. The van der Waals surface area contributed by atoms with Gasteiger partial charge in [0.2, 0.25) is 5.91 Å². The van der Waals surface area contributed by atoms with E-state index in [0.717, 1.165) is 29.5 Å². The fourth-order valence-electron chi connectivity index (χ4n) is 2.68. The summed E-state index contributed by atoms with van der Waals surface area (Å²) >= 11 is 0. The van der Waals surface area contributed by atoms with Crippen LogP contribution in [0.5, 0.6) is 0 Å². The van der Waals surface area contributed by atoms with Gasteiger partial charge in [-0.05, 0) is 61.8 Å². The molecule has 0 aliphatic heterocycles. The van der Waals surface area contributed by atoms with Crippen LogP contribution in [0.15, 0.2) is 6.07 Å². The first-order valence-electron chi connectivity index (χ1n) is 5.53. The molecule has 15 heavy (non-hydrogen) atoms. The van der Waals surface area contributed by atoms with Gasteiger partial charge >= 0.3 is 0 Å². The lowest BCUT2D eigenvalue weighted by Crippen LogP contribution is -2.18. The molecule has 0 spiro atoms. The molecule has 0 radical (unpaired) electrons. The van der Waals surface area contributed by atoms with E-state index in [1.807, 2.05) is 13.8 Å².